The summed E-state index contributed by atoms with van der Waals surface area (Å²) in [6.07, 6.45) is 0. The SMILES string of the molecule is C[Si](C)(C)c1ccc2[nH+]c(-c3ccccc3[O-])sc2c1.C[Si](C)(C)c1ccc2[nH+]c(-c3ccccc3[O-])sc2c1.[Be+2]. The molecule has 0 unspecified atom stereocenters. The van der Waals surface area contributed by atoms with Crippen LogP contribution in [0.5, 0.6) is 11.5 Å². The number of H-pyrrole nitrogens is 2. The van der Waals surface area contributed by atoms with Gasteiger partial charge in [0.15, 0.2) is 0 Å². The first kappa shape index (κ1) is 30.8. The molecule has 204 valence electrons. The number of rotatable bonds is 4. The first-order valence-corrected chi connectivity index (χ1v) is 22.0. The molecule has 0 atom stereocenters. The average molecular weight is 608 g/mol. The molecule has 2 N–H and O–H groups in total. The molecule has 0 spiro atoms. The summed E-state index contributed by atoms with van der Waals surface area (Å²) in [7, 11) is -2.60. The van der Waals surface area contributed by atoms with Gasteiger partial charge in [-0.3, -0.25) is 0 Å². The number of hydrogen-bond donors (Lipinski definition) is 0. The van der Waals surface area contributed by atoms with Gasteiger partial charge in [-0.2, -0.15) is 9.97 Å². The normalized spacial score (nSPS) is 11.7. The Hall–Kier alpha value is -3.14. The van der Waals surface area contributed by atoms with Gasteiger partial charge in [0, 0.05) is 23.3 Å². The van der Waals surface area contributed by atoms with Crippen molar-refractivity contribution in [3.63, 3.8) is 0 Å². The summed E-state index contributed by atoms with van der Waals surface area (Å²) in [5.41, 5.74) is 3.72. The third-order valence-electron chi connectivity index (χ3n) is 6.88. The van der Waals surface area contributed by atoms with Crippen LogP contribution in [0.4, 0.5) is 0 Å². The molecule has 0 saturated carbocycles. The zero-order chi connectivity index (χ0) is 28.7. The van der Waals surface area contributed by atoms with Crippen LogP contribution in [0.1, 0.15) is 0 Å². The minimum atomic E-state index is -1.30. The molecule has 2 aromatic heterocycles. The number of fused-ring (bicyclic) bond motifs is 2. The van der Waals surface area contributed by atoms with Gasteiger partial charge < -0.3 is 10.2 Å². The molecule has 4 nitrogen and oxygen atoms in total. The number of hydrogen-bond acceptors (Lipinski definition) is 4. The van der Waals surface area contributed by atoms with Gasteiger partial charge in [-0.15, -0.1) is 0 Å². The molecule has 0 aliphatic heterocycles. The summed E-state index contributed by atoms with van der Waals surface area (Å²) in [4.78, 5) is 6.73. The van der Waals surface area contributed by atoms with Crippen LogP contribution < -0.4 is 30.6 Å². The van der Waals surface area contributed by atoms with Gasteiger partial charge >= 0.3 is 10.1 Å². The first-order valence-electron chi connectivity index (χ1n) is 13.4. The number of thiazole rings is 2. The minimum absolute atomic E-state index is 0. The maximum absolute atomic E-state index is 11.9. The molecule has 0 bridgehead atoms. The topological polar surface area (TPSA) is 74.4 Å². The third-order valence-corrected chi connectivity index (χ3v) is 13.1. The second kappa shape index (κ2) is 12.0. The molecule has 9 heteroatoms. The van der Waals surface area contributed by atoms with Crippen molar-refractivity contribution in [3.05, 3.63) is 84.9 Å². The molecular weight excluding hydrogens is 574 g/mol. The summed E-state index contributed by atoms with van der Waals surface area (Å²) in [5.74, 6) is 0.140. The van der Waals surface area contributed by atoms with E-state index in [0.29, 0.717) is 0 Å². The Morgan fingerprint density at radius 3 is 1.24 bits per heavy atom. The quantitative estimate of drug-likeness (QED) is 0.244. The van der Waals surface area contributed by atoms with Gasteiger partial charge in [-0.05, 0) is 24.3 Å². The molecule has 0 aliphatic carbocycles. The Labute approximate surface area is 255 Å². The Morgan fingerprint density at radius 2 is 0.902 bits per heavy atom. The van der Waals surface area contributed by atoms with Crippen LogP contribution in [-0.4, -0.2) is 26.3 Å². The number of aromatic nitrogens is 2. The zero-order valence-corrected chi connectivity index (χ0v) is 28.1. The van der Waals surface area contributed by atoms with Gasteiger partial charge in [0.1, 0.15) is 9.40 Å². The van der Waals surface area contributed by atoms with Crippen molar-refractivity contribution in [3.8, 4) is 32.6 Å². The molecule has 4 aromatic carbocycles. The molecule has 0 saturated heterocycles. The van der Waals surface area contributed by atoms with Crippen molar-refractivity contribution in [1.82, 2.24) is 0 Å². The van der Waals surface area contributed by atoms with Crippen molar-refractivity contribution in [1.29, 1.82) is 0 Å². The average Bonchev–Trinajstić information content (AvgIpc) is 3.52. The largest absolute Gasteiger partial charge is 2.00 e. The maximum atomic E-state index is 11.9. The minimum Gasteiger partial charge on any atom is -0.872 e. The molecule has 6 aromatic rings. The summed E-state index contributed by atoms with van der Waals surface area (Å²) in [6.45, 7) is 14.1. The van der Waals surface area contributed by atoms with Crippen LogP contribution >= 0.6 is 22.7 Å². The Kier molecular flexibility index (Phi) is 9.02. The van der Waals surface area contributed by atoms with E-state index >= 15 is 0 Å². The summed E-state index contributed by atoms with van der Waals surface area (Å²) in [5, 5.41) is 28.6. The Morgan fingerprint density at radius 1 is 0.537 bits per heavy atom. The molecule has 41 heavy (non-hydrogen) atoms. The Balaban J connectivity index is 0.000000184. The van der Waals surface area contributed by atoms with E-state index in [1.54, 1.807) is 46.9 Å². The van der Waals surface area contributed by atoms with E-state index in [4.69, 9.17) is 0 Å². The van der Waals surface area contributed by atoms with Crippen LogP contribution in [0.3, 0.4) is 0 Å². The van der Waals surface area contributed by atoms with Crippen molar-refractivity contribution in [2.24, 2.45) is 0 Å². The smallest absolute Gasteiger partial charge is 0.872 e. The van der Waals surface area contributed by atoms with E-state index in [1.807, 2.05) is 24.3 Å². The van der Waals surface area contributed by atoms with Crippen molar-refractivity contribution in [2.75, 3.05) is 0 Å². The molecule has 0 fully saturated rings. The van der Waals surface area contributed by atoms with Gasteiger partial charge in [-0.1, -0.05) is 132 Å². The molecule has 0 aliphatic rings. The van der Waals surface area contributed by atoms with E-state index in [2.05, 4.69) is 85.6 Å². The predicted molar refractivity (Wildman–Crippen MR) is 178 cm³/mol. The summed E-state index contributed by atoms with van der Waals surface area (Å²) in [6, 6.07) is 27.6. The summed E-state index contributed by atoms with van der Waals surface area (Å²) < 4.78 is 2.45. The molecule has 0 radical (unpaired) electrons. The van der Waals surface area contributed by atoms with Crippen LogP contribution in [0.2, 0.25) is 39.3 Å². The van der Waals surface area contributed by atoms with E-state index in [-0.39, 0.29) is 21.6 Å². The van der Waals surface area contributed by atoms with E-state index < -0.39 is 16.1 Å². The van der Waals surface area contributed by atoms with Crippen LogP contribution in [-0.2, 0) is 0 Å². The number of nitrogens with one attached hydrogen (secondary N) is 2. The number of aromatic amines is 2. The van der Waals surface area contributed by atoms with Gasteiger partial charge in [-0.25, -0.2) is 0 Å². The number of para-hydroxylation sites is 2. The fraction of sp³-hybridized carbons (Fsp3) is 0.188. The Bertz CT molecular complexity index is 1690. The molecule has 2 heterocycles. The van der Waals surface area contributed by atoms with Crippen molar-refractivity contribution >= 4 is 79.7 Å². The van der Waals surface area contributed by atoms with Gasteiger partial charge in [0.25, 0.3) is 10.0 Å². The maximum Gasteiger partial charge on any atom is 2.00 e. The molecule has 6 rings (SSSR count). The fourth-order valence-corrected chi connectivity index (χ4v) is 9.10. The standard InChI is InChI=1S/2C16H17NOSSi.Be/c2*1-20(2,3)11-8-9-13-15(10-11)19-16(17-13)12-6-4-5-7-14(12)18;/h2*4-10,18H,1-3H3;/q;;+2. The first-order chi connectivity index (χ1) is 18.9. The van der Waals surface area contributed by atoms with E-state index in [9.17, 15) is 10.2 Å². The molecular formula is C32H34BeN2O2S2Si2+2. The third kappa shape index (κ3) is 6.85. The van der Waals surface area contributed by atoms with Crippen LogP contribution in [0, 0.1) is 0 Å². The second-order valence-electron chi connectivity index (χ2n) is 12.0. The fourth-order valence-electron chi connectivity index (χ4n) is 4.42. The monoisotopic (exact) mass is 607 g/mol. The van der Waals surface area contributed by atoms with E-state index in [1.165, 1.54) is 19.8 Å². The zero-order valence-electron chi connectivity index (χ0n) is 24.4. The van der Waals surface area contributed by atoms with Crippen molar-refractivity contribution < 1.29 is 20.2 Å². The predicted octanol–water partition coefficient (Wildman–Crippen LogP) is 5.62. The van der Waals surface area contributed by atoms with Gasteiger partial charge in [0.2, 0.25) is 11.0 Å². The van der Waals surface area contributed by atoms with E-state index in [0.717, 1.165) is 32.2 Å². The van der Waals surface area contributed by atoms with Crippen molar-refractivity contribution in [2.45, 2.75) is 39.3 Å². The van der Waals surface area contributed by atoms with Crippen LogP contribution in [0.15, 0.2) is 84.9 Å². The number of benzene rings is 4. The second-order valence-corrected chi connectivity index (χ2v) is 24.3. The summed E-state index contributed by atoms with van der Waals surface area (Å²) >= 11 is 3.32. The van der Waals surface area contributed by atoms with Crippen LogP contribution in [0.25, 0.3) is 41.6 Å². The van der Waals surface area contributed by atoms with Gasteiger partial charge in [0.05, 0.1) is 16.1 Å². The molecule has 0 amide bonds.